The lowest BCUT2D eigenvalue weighted by Gasteiger charge is -2.23. The van der Waals surface area contributed by atoms with Crippen LogP contribution in [0, 0.1) is 20.8 Å². The van der Waals surface area contributed by atoms with Gasteiger partial charge in [-0.05, 0) is 51.0 Å². The molecule has 1 saturated heterocycles. The monoisotopic (exact) mass is 372 g/mol. The summed E-state index contributed by atoms with van der Waals surface area (Å²) in [5.41, 5.74) is 4.31. The molecule has 26 heavy (non-hydrogen) atoms. The predicted octanol–water partition coefficient (Wildman–Crippen LogP) is 2.98. The van der Waals surface area contributed by atoms with Gasteiger partial charge < -0.3 is 10.2 Å². The van der Waals surface area contributed by atoms with E-state index in [1.807, 2.05) is 45.9 Å². The van der Waals surface area contributed by atoms with Gasteiger partial charge in [-0.15, -0.1) is 11.8 Å². The molecule has 7 heteroatoms. The number of hydrogen-bond acceptors (Lipinski definition) is 4. The molecule has 1 aliphatic heterocycles. The van der Waals surface area contributed by atoms with Crippen LogP contribution in [0.2, 0.25) is 0 Å². The van der Waals surface area contributed by atoms with E-state index in [1.54, 1.807) is 27.4 Å². The number of aromatic nitrogens is 2. The van der Waals surface area contributed by atoms with Crippen LogP contribution in [0.5, 0.6) is 0 Å². The summed E-state index contributed by atoms with van der Waals surface area (Å²) in [7, 11) is 0. The van der Waals surface area contributed by atoms with Crippen molar-refractivity contribution in [3.63, 3.8) is 0 Å². The summed E-state index contributed by atoms with van der Waals surface area (Å²) in [6.45, 7) is 8.44. The molecule has 1 fully saturated rings. The number of benzene rings is 1. The van der Waals surface area contributed by atoms with E-state index in [9.17, 15) is 9.59 Å². The molecule has 0 saturated carbocycles. The number of nitrogens with one attached hydrogen (secondary N) is 1. The number of aryl methyl sites for hydroxylation is 3. The Morgan fingerprint density at radius 3 is 2.81 bits per heavy atom. The SMILES string of the molecule is CCn1nc(C)cc1C(=O)N1CSCC1C(=O)Nc1cccc(C)c1C. The first kappa shape index (κ1) is 18.5. The molecule has 6 nitrogen and oxygen atoms in total. The van der Waals surface area contributed by atoms with Gasteiger partial charge >= 0.3 is 0 Å². The molecule has 138 valence electrons. The number of amides is 2. The van der Waals surface area contributed by atoms with Crippen molar-refractivity contribution >= 4 is 29.3 Å². The molecule has 1 aromatic carbocycles. The molecule has 2 heterocycles. The first-order chi connectivity index (χ1) is 12.4. The summed E-state index contributed by atoms with van der Waals surface area (Å²) in [5.74, 6) is 0.828. The van der Waals surface area contributed by atoms with Crippen LogP contribution in [0.4, 0.5) is 5.69 Å². The molecule has 3 rings (SSSR count). The fraction of sp³-hybridized carbons (Fsp3) is 0.421. The molecule has 1 N–H and O–H groups in total. The third kappa shape index (κ3) is 3.49. The molecule has 0 radical (unpaired) electrons. The Hall–Kier alpha value is -2.28. The van der Waals surface area contributed by atoms with Gasteiger partial charge in [-0.2, -0.15) is 5.10 Å². The van der Waals surface area contributed by atoms with Crippen LogP contribution in [0.25, 0.3) is 0 Å². The molecule has 0 bridgehead atoms. The van der Waals surface area contributed by atoms with Crippen molar-refractivity contribution in [3.05, 3.63) is 46.8 Å². The van der Waals surface area contributed by atoms with Gasteiger partial charge in [0.1, 0.15) is 11.7 Å². The van der Waals surface area contributed by atoms with Crippen LogP contribution < -0.4 is 5.32 Å². The summed E-state index contributed by atoms with van der Waals surface area (Å²) < 4.78 is 1.69. The Morgan fingerprint density at radius 2 is 2.08 bits per heavy atom. The number of nitrogens with zero attached hydrogens (tertiary/aromatic N) is 3. The van der Waals surface area contributed by atoms with E-state index in [-0.39, 0.29) is 11.8 Å². The average molecular weight is 372 g/mol. The second kappa shape index (κ2) is 7.53. The largest absolute Gasteiger partial charge is 0.324 e. The van der Waals surface area contributed by atoms with Gasteiger partial charge in [0.25, 0.3) is 5.91 Å². The molecule has 1 aliphatic rings. The maximum atomic E-state index is 13.0. The number of rotatable bonds is 4. The summed E-state index contributed by atoms with van der Waals surface area (Å²) in [6.07, 6.45) is 0. The van der Waals surface area contributed by atoms with Crippen molar-refractivity contribution in [3.8, 4) is 0 Å². The van der Waals surface area contributed by atoms with Crippen molar-refractivity contribution in [1.29, 1.82) is 0 Å². The Kier molecular flexibility index (Phi) is 5.36. The van der Waals surface area contributed by atoms with E-state index >= 15 is 0 Å². The van der Waals surface area contributed by atoms with E-state index in [4.69, 9.17) is 0 Å². The van der Waals surface area contributed by atoms with Crippen molar-refractivity contribution in [2.75, 3.05) is 16.9 Å². The topological polar surface area (TPSA) is 67.2 Å². The minimum atomic E-state index is -0.479. The van der Waals surface area contributed by atoms with Crippen molar-refractivity contribution < 1.29 is 9.59 Å². The average Bonchev–Trinajstić information content (AvgIpc) is 3.24. The zero-order valence-corrected chi connectivity index (χ0v) is 16.4. The summed E-state index contributed by atoms with van der Waals surface area (Å²) in [4.78, 5) is 27.5. The van der Waals surface area contributed by atoms with E-state index in [2.05, 4.69) is 10.4 Å². The molecule has 0 spiro atoms. The van der Waals surface area contributed by atoms with Crippen LogP contribution in [-0.4, -0.2) is 44.2 Å². The number of carbonyl (C=O) groups excluding carboxylic acids is 2. The number of carbonyl (C=O) groups is 2. The second-order valence-corrected chi connectivity index (χ2v) is 7.51. The first-order valence-corrected chi connectivity index (χ1v) is 9.88. The summed E-state index contributed by atoms with van der Waals surface area (Å²) in [6, 6.07) is 7.14. The van der Waals surface area contributed by atoms with E-state index in [1.165, 1.54) is 0 Å². The Bertz CT molecular complexity index is 846. The van der Waals surface area contributed by atoms with E-state index in [0.717, 1.165) is 22.5 Å². The Balaban J connectivity index is 1.80. The third-order valence-electron chi connectivity index (χ3n) is 4.73. The molecule has 1 unspecified atom stereocenters. The smallest absolute Gasteiger partial charge is 0.273 e. The lowest BCUT2D eigenvalue weighted by molar-refractivity contribution is -0.119. The van der Waals surface area contributed by atoms with Gasteiger partial charge in [0.15, 0.2) is 0 Å². The second-order valence-electron chi connectivity index (χ2n) is 6.51. The standard InChI is InChI=1S/C19H24N4O2S/c1-5-23-16(9-13(3)21-23)19(25)22-11-26-10-17(22)18(24)20-15-8-6-7-12(2)14(15)4/h6-9,17H,5,10-11H2,1-4H3,(H,20,24). The zero-order chi connectivity index (χ0) is 18.8. The van der Waals surface area contributed by atoms with E-state index in [0.29, 0.717) is 23.9 Å². The fourth-order valence-electron chi connectivity index (χ4n) is 3.07. The minimum absolute atomic E-state index is 0.140. The molecule has 1 atom stereocenters. The van der Waals surface area contributed by atoms with Gasteiger partial charge in [0.2, 0.25) is 5.91 Å². The van der Waals surface area contributed by atoms with Gasteiger partial charge in [0.05, 0.1) is 11.6 Å². The van der Waals surface area contributed by atoms with Crippen molar-refractivity contribution in [2.24, 2.45) is 0 Å². The third-order valence-corrected chi connectivity index (χ3v) is 5.74. The Morgan fingerprint density at radius 1 is 1.31 bits per heavy atom. The molecule has 0 aliphatic carbocycles. The Labute approximate surface area is 157 Å². The van der Waals surface area contributed by atoms with Gasteiger partial charge in [-0.1, -0.05) is 12.1 Å². The van der Waals surface area contributed by atoms with E-state index < -0.39 is 6.04 Å². The molecule has 2 aromatic rings. The molecular formula is C19H24N4O2S. The molecular weight excluding hydrogens is 348 g/mol. The van der Waals surface area contributed by atoms with Crippen molar-refractivity contribution in [1.82, 2.24) is 14.7 Å². The number of hydrogen-bond donors (Lipinski definition) is 1. The van der Waals surface area contributed by atoms with Gasteiger partial charge in [-0.25, -0.2) is 0 Å². The normalized spacial score (nSPS) is 16.8. The fourth-order valence-corrected chi connectivity index (χ4v) is 4.22. The predicted molar refractivity (Wildman–Crippen MR) is 104 cm³/mol. The number of thioether (sulfide) groups is 1. The minimum Gasteiger partial charge on any atom is -0.324 e. The maximum Gasteiger partial charge on any atom is 0.273 e. The van der Waals surface area contributed by atoms with Crippen LogP contribution in [0.3, 0.4) is 0 Å². The summed E-state index contributed by atoms with van der Waals surface area (Å²) in [5, 5.41) is 7.34. The molecule has 2 amide bonds. The maximum absolute atomic E-state index is 13.0. The highest BCUT2D eigenvalue weighted by Gasteiger charge is 2.36. The van der Waals surface area contributed by atoms with Crippen LogP contribution >= 0.6 is 11.8 Å². The highest BCUT2D eigenvalue weighted by Crippen LogP contribution is 2.26. The quantitative estimate of drug-likeness (QED) is 0.896. The van der Waals surface area contributed by atoms with Crippen LogP contribution in [0.15, 0.2) is 24.3 Å². The lowest BCUT2D eigenvalue weighted by Crippen LogP contribution is -2.45. The lowest BCUT2D eigenvalue weighted by atomic mass is 10.1. The van der Waals surface area contributed by atoms with Crippen LogP contribution in [0.1, 0.15) is 34.2 Å². The van der Waals surface area contributed by atoms with Crippen LogP contribution in [-0.2, 0) is 11.3 Å². The summed E-state index contributed by atoms with van der Waals surface area (Å²) >= 11 is 1.59. The van der Waals surface area contributed by atoms with Crippen molar-refractivity contribution in [2.45, 2.75) is 40.3 Å². The van der Waals surface area contributed by atoms with Gasteiger partial charge in [-0.3, -0.25) is 14.3 Å². The number of anilines is 1. The highest BCUT2D eigenvalue weighted by atomic mass is 32.2. The zero-order valence-electron chi connectivity index (χ0n) is 15.6. The first-order valence-electron chi connectivity index (χ1n) is 8.72. The highest BCUT2D eigenvalue weighted by molar-refractivity contribution is 7.99. The van der Waals surface area contributed by atoms with Gasteiger partial charge in [0, 0.05) is 18.0 Å². The molecule has 1 aromatic heterocycles.